The average molecular weight is 712 g/mol. The molecule has 1 N–H and O–H groups in total. The molecular weight excluding hydrogens is 678 g/mol. The second-order valence-electron chi connectivity index (χ2n) is 14.6. The molecule has 37 heteroatoms. The predicted molar refractivity (Wildman–Crippen MR) is 273 cm³/mol. The van der Waals surface area contributed by atoms with Gasteiger partial charge in [-0.25, -0.2) is 9.59 Å². The SMILES string of the molecule is CC(C)(C)OC(=O)/C=C/CN1CCOCC1.O=C(O)/C=C/CN1CCOCC1.[B]B([B])B(B([B])[B])B(B([B])[B])B([B])[B].[B][B]B([B])B(B([B])[B])B(B([B])[B])B([B])[B]. The zero-order valence-electron chi connectivity index (χ0n) is 34.0. The van der Waals surface area contributed by atoms with Crippen molar-refractivity contribution < 1.29 is 28.9 Å². The topological polar surface area (TPSA) is 88.5 Å². The van der Waals surface area contributed by atoms with Gasteiger partial charge < -0.3 is 19.3 Å². The number of carboxylic acid groups (broad SMARTS) is 1. The molecule has 0 aromatic rings. The van der Waals surface area contributed by atoms with Gasteiger partial charge in [0.1, 0.15) is 5.60 Å². The molecule has 2 saturated heterocycles. The third kappa shape index (κ3) is 29.1. The van der Waals surface area contributed by atoms with E-state index in [4.69, 9.17) is 143 Å². The first-order valence-electron chi connectivity index (χ1n) is 18.7. The maximum absolute atomic E-state index is 11.3. The van der Waals surface area contributed by atoms with E-state index in [2.05, 4.69) is 9.80 Å². The quantitative estimate of drug-likeness (QED) is 0.0906. The van der Waals surface area contributed by atoms with Crippen LogP contribution in [0.3, 0.4) is 0 Å². The minimum Gasteiger partial charge on any atom is -0.478 e. The molecule has 2 aliphatic heterocycles. The highest BCUT2D eigenvalue weighted by atomic mass is 16.6. The molecule has 8 nitrogen and oxygen atoms in total. The molecular formula is C20H34B29N2O6. The van der Waals surface area contributed by atoms with Crippen molar-refractivity contribution in [1.29, 1.82) is 0 Å². The number of esters is 1. The summed E-state index contributed by atoms with van der Waals surface area (Å²) in [4.78, 5) is 25.9. The molecule has 0 amide bonds. The lowest BCUT2D eigenvalue weighted by Gasteiger charge is -2.35. The summed E-state index contributed by atoms with van der Waals surface area (Å²) >= 11 is 0. The number of hydrogen-bond acceptors (Lipinski definition) is 7. The number of carboxylic acids is 1. The summed E-state index contributed by atoms with van der Waals surface area (Å²) in [6, 6.07) is 0. The summed E-state index contributed by atoms with van der Waals surface area (Å²) in [6.07, 6.45) is -1.66. The zero-order valence-corrected chi connectivity index (χ0v) is 34.0. The largest absolute Gasteiger partial charge is 0.478 e. The summed E-state index contributed by atoms with van der Waals surface area (Å²) in [5.74, 6) is -1.16. The van der Waals surface area contributed by atoms with Gasteiger partial charge in [-0.3, -0.25) is 9.80 Å². The van der Waals surface area contributed by atoms with Gasteiger partial charge in [0.25, 0.3) is 0 Å². The third-order valence-electron chi connectivity index (χ3n) is 8.52. The lowest BCUT2D eigenvalue weighted by Crippen LogP contribution is -2.73. The van der Waals surface area contributed by atoms with Crippen molar-refractivity contribution in [3.05, 3.63) is 24.3 Å². The van der Waals surface area contributed by atoms with E-state index in [1.165, 1.54) is 19.2 Å². The predicted octanol–water partition coefficient (Wildman–Crippen LogP) is -9.87. The Hall–Kier alpha value is 0.143. The Bertz CT molecular complexity index is 1070. The lowest BCUT2D eigenvalue weighted by atomic mass is 8.46. The van der Waals surface area contributed by atoms with Crippen LogP contribution in [0.25, 0.3) is 0 Å². The number of carbonyl (C=O) groups is 2. The van der Waals surface area contributed by atoms with Gasteiger partial charge in [-0.15, -0.1) is 0 Å². The molecule has 57 heavy (non-hydrogen) atoms. The monoisotopic (exact) mass is 718 g/mol. The van der Waals surface area contributed by atoms with E-state index in [1.807, 2.05) is 26.8 Å². The maximum Gasteiger partial charge on any atom is 0.330 e. The molecule has 2 aliphatic rings. The first kappa shape index (κ1) is 59.2. The van der Waals surface area contributed by atoms with Crippen molar-refractivity contribution in [1.82, 2.24) is 9.80 Å². The van der Waals surface area contributed by atoms with Gasteiger partial charge in [-0.1, -0.05) is 12.2 Å². The number of aliphatic carboxylic acids is 1. The molecule has 0 aromatic heterocycles. The van der Waals surface area contributed by atoms with Crippen LogP contribution < -0.4 is 0 Å². The van der Waals surface area contributed by atoms with Crippen LogP contribution in [0.2, 0.25) is 0 Å². The van der Waals surface area contributed by atoms with Crippen LogP contribution in [-0.2, 0) is 23.8 Å². The molecule has 0 unspecified atom stereocenters. The molecule has 2 fully saturated rings. The van der Waals surface area contributed by atoms with Crippen LogP contribution in [0.1, 0.15) is 20.8 Å². The molecule has 2 heterocycles. The van der Waals surface area contributed by atoms with E-state index in [9.17, 15) is 9.59 Å². The smallest absolute Gasteiger partial charge is 0.330 e. The van der Waals surface area contributed by atoms with E-state index >= 15 is 0 Å². The van der Waals surface area contributed by atoms with Gasteiger partial charge in [0.05, 0.1) is 26.4 Å². The van der Waals surface area contributed by atoms with E-state index in [1.54, 1.807) is 6.08 Å². The number of ether oxygens (including phenoxy) is 3. The Morgan fingerprint density at radius 3 is 1.16 bits per heavy atom. The highest BCUT2D eigenvalue weighted by molar-refractivity contribution is 8.12. The standard InChI is InChI=1S/C12H21NO3.C8H13NO3.B15.B14/c1-12(2,3)16-11(14)5-4-6-13-7-9-15-10-8-13;10-8(11)2-1-3-9-4-6-12-7-5-9;1-9-13(8)15(12(6)7)14(10(2)3)11(4)5;1-9(2)13(10(3)4)14(11(5)6)12(7)8/h4-5H,6-10H2,1-3H3;1-2H,3-7H2,(H,10,11);;/b5-4+;2-1+;;. The molecule has 0 saturated carbocycles. The number of nitrogens with zero attached hydrogens (tertiary/aromatic N) is 2. The Kier molecular flexibility index (Phi) is 34.1. The van der Waals surface area contributed by atoms with Gasteiger partial charge in [0, 0.05) is 259 Å². The summed E-state index contributed by atoms with van der Waals surface area (Å²) < 4.78 is 15.5. The van der Waals surface area contributed by atoms with Gasteiger partial charge in [0.2, 0.25) is 0 Å². The van der Waals surface area contributed by atoms with Gasteiger partial charge >= 0.3 is 11.9 Å². The maximum atomic E-state index is 11.3. The number of morpholine rings is 2. The molecule has 0 bridgehead atoms. The fraction of sp³-hybridized carbons (Fsp3) is 0.700. The van der Waals surface area contributed by atoms with Crippen molar-refractivity contribution in [3.63, 3.8) is 0 Å². The van der Waals surface area contributed by atoms with Gasteiger partial charge in [0.15, 0.2) is 0 Å². The van der Waals surface area contributed by atoms with Crippen LogP contribution in [-0.4, -0.2) is 306 Å². The summed E-state index contributed by atoms with van der Waals surface area (Å²) in [6.45, 7) is 13.8. The molecule has 33 radical (unpaired) electrons. The Morgan fingerprint density at radius 2 is 0.895 bits per heavy atom. The summed E-state index contributed by atoms with van der Waals surface area (Å²) in [7, 11) is 89.8. The second kappa shape index (κ2) is 32.8. The molecule has 0 atom stereocenters. The van der Waals surface area contributed by atoms with Gasteiger partial charge in [-0.05, 0) is 20.8 Å². The van der Waals surface area contributed by atoms with E-state index in [0.29, 0.717) is 6.54 Å². The third-order valence-corrected chi connectivity index (χ3v) is 8.52. The van der Waals surface area contributed by atoms with Crippen molar-refractivity contribution in [2.75, 3.05) is 65.7 Å². The molecule has 0 aliphatic carbocycles. The number of hydrogen-bond donors (Lipinski definition) is 1. The minimum atomic E-state index is -0.886. The number of rotatable bonds is 17. The van der Waals surface area contributed by atoms with Gasteiger partial charge in [-0.2, -0.15) is 0 Å². The van der Waals surface area contributed by atoms with E-state index in [-0.39, 0.29) is 5.97 Å². The average Bonchev–Trinajstić information content (AvgIpc) is 3.08. The first-order valence-corrected chi connectivity index (χ1v) is 18.7. The molecule has 0 spiro atoms. The van der Waals surface area contributed by atoms with Crippen molar-refractivity contribution in [3.8, 4) is 0 Å². The molecule has 0 aromatic carbocycles. The van der Waals surface area contributed by atoms with Crippen LogP contribution >= 0.6 is 0 Å². The number of carbonyl (C=O) groups excluding carboxylic acids is 1. The van der Waals surface area contributed by atoms with Crippen molar-refractivity contribution in [2.45, 2.75) is 26.4 Å². The normalized spacial score (nSPS) is 14.0. The van der Waals surface area contributed by atoms with Crippen molar-refractivity contribution >= 4 is 219 Å². The Morgan fingerprint density at radius 1 is 0.596 bits per heavy atom. The van der Waals surface area contributed by atoms with E-state index in [0.717, 1.165) is 59.2 Å². The Labute approximate surface area is 372 Å². The van der Waals surface area contributed by atoms with Crippen LogP contribution in [0.15, 0.2) is 24.3 Å². The first-order chi connectivity index (χ1) is 26.4. The minimum absolute atomic E-state index is 0.277. The summed E-state index contributed by atoms with van der Waals surface area (Å²) in [5.41, 5.74) is -0.416. The van der Waals surface area contributed by atoms with Crippen LogP contribution in [0.4, 0.5) is 0 Å². The Balaban J connectivity index is 0. The lowest BCUT2D eigenvalue weighted by molar-refractivity contribution is -0.148. The molecule has 247 valence electrons. The summed E-state index contributed by atoms with van der Waals surface area (Å²) in [5, 5.41) is 8.31. The highest BCUT2D eigenvalue weighted by Crippen LogP contribution is 2.07. The molecule has 2 rings (SSSR count). The zero-order chi connectivity index (χ0) is 44.5. The van der Waals surface area contributed by atoms with E-state index < -0.39 is 88.2 Å². The fourth-order valence-corrected chi connectivity index (χ4v) is 5.71. The van der Waals surface area contributed by atoms with Crippen LogP contribution in [0, 0.1) is 0 Å². The fourth-order valence-electron chi connectivity index (χ4n) is 5.71. The highest BCUT2D eigenvalue weighted by Gasteiger charge is 2.37. The second-order valence-corrected chi connectivity index (χ2v) is 14.6. The van der Waals surface area contributed by atoms with Crippen molar-refractivity contribution in [2.24, 2.45) is 0 Å². The van der Waals surface area contributed by atoms with Crippen LogP contribution in [0.5, 0.6) is 0 Å².